The van der Waals surface area contributed by atoms with Crippen LogP contribution >= 0.6 is 12.4 Å². The number of ether oxygens (including phenoxy) is 1. The maximum Gasteiger partial charge on any atom is 0.238 e. The number of benzene rings is 1. The summed E-state index contributed by atoms with van der Waals surface area (Å²) in [7, 11) is 1.62. The fourth-order valence-electron chi connectivity index (χ4n) is 3.26. The van der Waals surface area contributed by atoms with E-state index in [-0.39, 0.29) is 18.3 Å². The number of likely N-dealkylation sites (tertiary alicyclic amines) is 1. The molecule has 1 aromatic carbocycles. The number of rotatable bonds is 7. The topological polar surface area (TPSA) is 53.6 Å². The third-order valence-electron chi connectivity index (χ3n) is 4.98. The van der Waals surface area contributed by atoms with Gasteiger partial charge in [-0.15, -0.1) is 12.4 Å². The van der Waals surface area contributed by atoms with Crippen molar-refractivity contribution >= 4 is 24.0 Å². The molecule has 0 spiro atoms. The molecule has 2 fully saturated rings. The average Bonchev–Trinajstić information content (AvgIpc) is 3.39. The van der Waals surface area contributed by atoms with E-state index >= 15 is 0 Å². The zero-order valence-electron chi connectivity index (χ0n) is 15.2. The van der Waals surface area contributed by atoms with Gasteiger partial charge in [-0.05, 0) is 62.8 Å². The van der Waals surface area contributed by atoms with Crippen molar-refractivity contribution in [3.63, 3.8) is 0 Å². The van der Waals surface area contributed by atoms with Crippen LogP contribution in [0, 0.1) is 12.8 Å². The van der Waals surface area contributed by atoms with Gasteiger partial charge in [0.05, 0.1) is 19.3 Å². The number of amides is 1. The molecule has 0 aromatic heterocycles. The molecule has 6 heteroatoms. The summed E-state index contributed by atoms with van der Waals surface area (Å²) in [5.41, 5.74) is 1.86. The normalized spacial score (nSPS) is 18.5. The van der Waals surface area contributed by atoms with Crippen LogP contribution in [0.5, 0.6) is 5.75 Å². The van der Waals surface area contributed by atoms with Crippen molar-refractivity contribution in [1.29, 1.82) is 0 Å². The van der Waals surface area contributed by atoms with Crippen LogP contribution in [0.15, 0.2) is 18.2 Å². The predicted molar refractivity (Wildman–Crippen MR) is 104 cm³/mol. The molecule has 3 rings (SSSR count). The molecular formula is C19H30ClN3O2. The van der Waals surface area contributed by atoms with E-state index < -0.39 is 0 Å². The Labute approximate surface area is 156 Å². The van der Waals surface area contributed by atoms with Gasteiger partial charge in [-0.1, -0.05) is 6.07 Å². The molecule has 0 bridgehead atoms. The number of piperidine rings is 1. The van der Waals surface area contributed by atoms with Gasteiger partial charge in [-0.2, -0.15) is 0 Å². The van der Waals surface area contributed by atoms with E-state index in [1.165, 1.54) is 19.4 Å². The summed E-state index contributed by atoms with van der Waals surface area (Å²) in [4.78, 5) is 14.6. The van der Waals surface area contributed by atoms with E-state index in [1.54, 1.807) is 7.11 Å². The maximum atomic E-state index is 12.3. The minimum atomic E-state index is 0. The molecule has 0 unspecified atom stereocenters. The highest BCUT2D eigenvalue weighted by Gasteiger charge is 2.25. The lowest BCUT2D eigenvalue weighted by atomic mass is 10.0. The molecule has 1 heterocycles. The van der Waals surface area contributed by atoms with Gasteiger partial charge < -0.3 is 15.4 Å². The van der Waals surface area contributed by atoms with Gasteiger partial charge in [-0.25, -0.2) is 0 Å². The molecular weight excluding hydrogens is 338 g/mol. The number of hydrogen-bond donors (Lipinski definition) is 2. The van der Waals surface area contributed by atoms with Crippen LogP contribution in [0.3, 0.4) is 0 Å². The van der Waals surface area contributed by atoms with E-state index in [0.717, 1.165) is 43.1 Å². The van der Waals surface area contributed by atoms with Crippen molar-refractivity contribution < 1.29 is 9.53 Å². The Morgan fingerprint density at radius 3 is 2.60 bits per heavy atom. The van der Waals surface area contributed by atoms with Crippen LogP contribution < -0.4 is 15.4 Å². The third-order valence-corrected chi connectivity index (χ3v) is 4.98. The summed E-state index contributed by atoms with van der Waals surface area (Å²) >= 11 is 0. The first-order valence-electron chi connectivity index (χ1n) is 9.04. The first-order chi connectivity index (χ1) is 11.6. The molecule has 1 amide bonds. The van der Waals surface area contributed by atoms with Gasteiger partial charge in [0.15, 0.2) is 0 Å². The summed E-state index contributed by atoms with van der Waals surface area (Å²) in [6.45, 7) is 5.61. The molecule has 1 saturated heterocycles. The smallest absolute Gasteiger partial charge is 0.238 e. The first kappa shape index (κ1) is 20.0. The monoisotopic (exact) mass is 367 g/mol. The van der Waals surface area contributed by atoms with Crippen LogP contribution in [0.1, 0.15) is 31.2 Å². The quantitative estimate of drug-likeness (QED) is 0.778. The number of halogens is 1. The Morgan fingerprint density at radius 2 is 1.96 bits per heavy atom. The number of carbonyl (C=O) groups is 1. The first-order valence-corrected chi connectivity index (χ1v) is 9.04. The molecule has 0 atom stereocenters. The Kier molecular flexibility index (Phi) is 7.54. The standard InChI is InChI=1S/C19H29N3O2.ClH/c1-14-3-6-18(24-2)17(11-14)21-19(23)13-22-9-7-16(8-10-22)20-12-15-4-5-15;/h3,6,11,15-16,20H,4-5,7-10,12-13H2,1-2H3,(H,21,23);1H. The van der Waals surface area contributed by atoms with E-state index in [1.807, 2.05) is 25.1 Å². The summed E-state index contributed by atoms with van der Waals surface area (Å²) in [5, 5.41) is 6.66. The lowest BCUT2D eigenvalue weighted by molar-refractivity contribution is -0.117. The minimum Gasteiger partial charge on any atom is -0.495 e. The van der Waals surface area contributed by atoms with Gasteiger partial charge in [0.25, 0.3) is 0 Å². The molecule has 140 valence electrons. The number of nitrogens with one attached hydrogen (secondary N) is 2. The molecule has 1 aromatic rings. The second-order valence-corrected chi connectivity index (χ2v) is 7.15. The number of hydrogen-bond acceptors (Lipinski definition) is 4. The molecule has 1 aliphatic heterocycles. The minimum absolute atomic E-state index is 0. The number of carbonyl (C=O) groups excluding carboxylic acids is 1. The molecule has 0 radical (unpaired) electrons. The molecule has 2 N–H and O–H groups in total. The van der Waals surface area contributed by atoms with Crippen molar-refractivity contribution in [2.24, 2.45) is 5.92 Å². The van der Waals surface area contributed by atoms with Crippen molar-refractivity contribution in [2.75, 3.05) is 38.6 Å². The summed E-state index contributed by atoms with van der Waals surface area (Å²) in [5.74, 6) is 1.67. The average molecular weight is 368 g/mol. The van der Waals surface area contributed by atoms with E-state index in [4.69, 9.17) is 4.74 Å². The molecule has 2 aliphatic rings. The fraction of sp³-hybridized carbons (Fsp3) is 0.632. The summed E-state index contributed by atoms with van der Waals surface area (Å²) in [6.07, 6.45) is 5.06. The van der Waals surface area contributed by atoms with Gasteiger partial charge in [0.2, 0.25) is 5.91 Å². The molecule has 25 heavy (non-hydrogen) atoms. The van der Waals surface area contributed by atoms with Crippen LogP contribution in [0.25, 0.3) is 0 Å². The predicted octanol–water partition coefficient (Wildman–Crippen LogP) is 2.83. The third kappa shape index (κ3) is 6.17. The SMILES string of the molecule is COc1ccc(C)cc1NC(=O)CN1CCC(NCC2CC2)CC1.Cl. The van der Waals surface area contributed by atoms with Gasteiger partial charge in [0.1, 0.15) is 5.75 Å². The van der Waals surface area contributed by atoms with Gasteiger partial charge >= 0.3 is 0 Å². The van der Waals surface area contributed by atoms with Crippen molar-refractivity contribution in [3.05, 3.63) is 23.8 Å². The lowest BCUT2D eigenvalue weighted by Gasteiger charge is -2.32. The van der Waals surface area contributed by atoms with E-state index in [9.17, 15) is 4.79 Å². The second kappa shape index (κ2) is 9.41. The highest BCUT2D eigenvalue weighted by atomic mass is 35.5. The molecule has 1 aliphatic carbocycles. The number of nitrogens with zero attached hydrogens (tertiary/aromatic N) is 1. The highest BCUT2D eigenvalue weighted by molar-refractivity contribution is 5.93. The molecule has 1 saturated carbocycles. The van der Waals surface area contributed by atoms with Crippen LogP contribution in [-0.2, 0) is 4.79 Å². The maximum absolute atomic E-state index is 12.3. The Balaban J connectivity index is 0.00000225. The Morgan fingerprint density at radius 1 is 1.24 bits per heavy atom. The van der Waals surface area contributed by atoms with Crippen molar-refractivity contribution in [3.8, 4) is 5.75 Å². The number of anilines is 1. The number of methoxy groups -OCH3 is 1. The number of aryl methyl sites for hydroxylation is 1. The Hall–Kier alpha value is -1.30. The van der Waals surface area contributed by atoms with Crippen molar-refractivity contribution in [1.82, 2.24) is 10.2 Å². The lowest BCUT2D eigenvalue weighted by Crippen LogP contribution is -2.45. The van der Waals surface area contributed by atoms with Crippen LogP contribution in [0.4, 0.5) is 5.69 Å². The van der Waals surface area contributed by atoms with Gasteiger partial charge in [-0.3, -0.25) is 9.69 Å². The highest BCUT2D eigenvalue weighted by Crippen LogP contribution is 2.28. The summed E-state index contributed by atoms with van der Waals surface area (Å²) < 4.78 is 5.32. The second-order valence-electron chi connectivity index (χ2n) is 7.15. The largest absolute Gasteiger partial charge is 0.495 e. The van der Waals surface area contributed by atoms with Crippen molar-refractivity contribution in [2.45, 2.75) is 38.6 Å². The van der Waals surface area contributed by atoms with Crippen LogP contribution in [0.2, 0.25) is 0 Å². The van der Waals surface area contributed by atoms with E-state index in [0.29, 0.717) is 18.3 Å². The Bertz CT molecular complexity index is 570. The summed E-state index contributed by atoms with van der Waals surface area (Å²) in [6, 6.07) is 6.45. The fourth-order valence-corrected chi connectivity index (χ4v) is 3.26. The zero-order chi connectivity index (χ0) is 16.9. The molecule has 5 nitrogen and oxygen atoms in total. The zero-order valence-corrected chi connectivity index (χ0v) is 16.0. The van der Waals surface area contributed by atoms with Gasteiger partial charge in [0, 0.05) is 19.1 Å². The van der Waals surface area contributed by atoms with Crippen LogP contribution in [-0.4, -0.2) is 50.1 Å². The van der Waals surface area contributed by atoms with E-state index in [2.05, 4.69) is 15.5 Å².